The molecular weight excluding hydrogens is 422 g/mol. The maximum atomic E-state index is 13.2. The van der Waals surface area contributed by atoms with Gasteiger partial charge in [0.15, 0.2) is 0 Å². The topological polar surface area (TPSA) is 59.8 Å². The van der Waals surface area contributed by atoms with Crippen molar-refractivity contribution in [3.8, 4) is 5.75 Å². The minimum Gasteiger partial charge on any atom is -0.494 e. The third kappa shape index (κ3) is 4.15. The van der Waals surface area contributed by atoms with E-state index in [1.54, 1.807) is 48.5 Å². The fraction of sp³-hybridized carbons (Fsp3) is 0.130. The van der Waals surface area contributed by atoms with E-state index in [0.717, 1.165) is 4.90 Å². The van der Waals surface area contributed by atoms with Crippen molar-refractivity contribution in [1.82, 2.24) is 4.90 Å². The van der Waals surface area contributed by atoms with E-state index in [1.807, 2.05) is 19.1 Å². The number of carbonyl (C=O) groups is 2. The van der Waals surface area contributed by atoms with Gasteiger partial charge in [0.2, 0.25) is 0 Å². The molecule has 1 aromatic heterocycles. The number of ether oxygens (including phenoxy) is 1. The highest BCUT2D eigenvalue weighted by Gasteiger charge is 2.39. The van der Waals surface area contributed by atoms with Gasteiger partial charge in [0.05, 0.1) is 29.9 Å². The van der Waals surface area contributed by atoms with Gasteiger partial charge in [-0.3, -0.25) is 14.5 Å². The average Bonchev–Trinajstić information content (AvgIpc) is 3.34. The Hall–Kier alpha value is -2.96. The molecule has 2 amide bonds. The molecule has 0 saturated heterocycles. The highest BCUT2D eigenvalue weighted by Crippen LogP contribution is 2.40. The molecule has 0 bridgehead atoms. The van der Waals surface area contributed by atoms with Gasteiger partial charge >= 0.3 is 0 Å². The van der Waals surface area contributed by atoms with Crippen LogP contribution >= 0.6 is 23.4 Å². The molecule has 0 aliphatic carbocycles. The Morgan fingerprint density at radius 1 is 1.00 bits per heavy atom. The van der Waals surface area contributed by atoms with E-state index in [9.17, 15) is 9.59 Å². The number of hydrogen-bond acceptors (Lipinski definition) is 5. The summed E-state index contributed by atoms with van der Waals surface area (Å²) in [6, 6.07) is 17.8. The van der Waals surface area contributed by atoms with Crippen molar-refractivity contribution in [3.63, 3.8) is 0 Å². The maximum absolute atomic E-state index is 13.2. The molecule has 0 saturated carbocycles. The van der Waals surface area contributed by atoms with Crippen molar-refractivity contribution in [2.45, 2.75) is 18.4 Å². The largest absolute Gasteiger partial charge is 0.494 e. The van der Waals surface area contributed by atoms with E-state index in [2.05, 4.69) is 0 Å². The second kappa shape index (κ2) is 8.81. The Morgan fingerprint density at radius 2 is 1.73 bits per heavy atom. The number of amides is 2. The molecule has 1 aliphatic rings. The lowest BCUT2D eigenvalue weighted by Crippen LogP contribution is -2.30. The Kier molecular flexibility index (Phi) is 5.97. The lowest BCUT2D eigenvalue weighted by Gasteiger charge is -2.13. The van der Waals surface area contributed by atoms with Gasteiger partial charge in [-0.15, -0.1) is 0 Å². The van der Waals surface area contributed by atoms with Gasteiger partial charge in [0.1, 0.15) is 11.5 Å². The zero-order valence-corrected chi connectivity index (χ0v) is 17.7. The van der Waals surface area contributed by atoms with Crippen LogP contribution in [0.3, 0.4) is 0 Å². The van der Waals surface area contributed by atoms with Gasteiger partial charge in [-0.05, 0) is 61.0 Å². The summed E-state index contributed by atoms with van der Waals surface area (Å²) < 4.78 is 10.8. The number of carbonyl (C=O) groups excluding carboxylic acids is 2. The standard InChI is InChI=1S/C23H18ClNO4S/c1-2-28-17-9-5-15(6-10-17)20-21(30-19-11-7-16(24)8-12-19)23(27)25(22(20)26)14-18-4-3-13-29-18/h3-13H,2,14H2,1H3. The number of halogens is 1. The van der Waals surface area contributed by atoms with E-state index < -0.39 is 0 Å². The molecule has 0 radical (unpaired) electrons. The lowest BCUT2D eigenvalue weighted by atomic mass is 10.1. The molecule has 0 spiro atoms. The number of thioether (sulfide) groups is 1. The normalized spacial score (nSPS) is 14.0. The first-order chi connectivity index (χ1) is 14.6. The van der Waals surface area contributed by atoms with Crippen LogP contribution in [0.4, 0.5) is 0 Å². The summed E-state index contributed by atoms with van der Waals surface area (Å²) in [5, 5.41) is 0.605. The smallest absolute Gasteiger partial charge is 0.268 e. The Balaban J connectivity index is 1.72. The number of imide groups is 1. The molecule has 152 valence electrons. The van der Waals surface area contributed by atoms with Gasteiger partial charge < -0.3 is 9.15 Å². The van der Waals surface area contributed by atoms with Crippen molar-refractivity contribution in [2.75, 3.05) is 6.61 Å². The van der Waals surface area contributed by atoms with Crippen molar-refractivity contribution >= 4 is 40.8 Å². The zero-order valence-electron chi connectivity index (χ0n) is 16.1. The van der Waals surface area contributed by atoms with Crippen LogP contribution < -0.4 is 4.74 Å². The number of rotatable bonds is 7. The van der Waals surface area contributed by atoms with Crippen molar-refractivity contribution in [3.05, 3.63) is 88.2 Å². The SMILES string of the molecule is CCOc1ccc(C2=C(Sc3ccc(Cl)cc3)C(=O)N(Cc3ccco3)C2=O)cc1. The van der Waals surface area contributed by atoms with E-state index in [4.69, 9.17) is 20.8 Å². The van der Waals surface area contributed by atoms with Gasteiger partial charge in [0.25, 0.3) is 11.8 Å². The summed E-state index contributed by atoms with van der Waals surface area (Å²) in [6.45, 7) is 2.53. The molecule has 7 heteroatoms. The molecule has 3 aromatic rings. The third-order valence-corrected chi connectivity index (χ3v) is 5.85. The van der Waals surface area contributed by atoms with Crippen molar-refractivity contribution < 1.29 is 18.7 Å². The van der Waals surface area contributed by atoms with E-state index in [0.29, 0.717) is 39.2 Å². The quantitative estimate of drug-likeness (QED) is 0.461. The van der Waals surface area contributed by atoms with Crippen LogP contribution in [0.5, 0.6) is 5.75 Å². The molecule has 5 nitrogen and oxygen atoms in total. The summed E-state index contributed by atoms with van der Waals surface area (Å²) in [4.78, 5) is 28.9. The minimum atomic E-state index is -0.350. The summed E-state index contributed by atoms with van der Waals surface area (Å²) in [5.74, 6) is 0.552. The van der Waals surface area contributed by atoms with E-state index in [-0.39, 0.29) is 18.4 Å². The van der Waals surface area contributed by atoms with E-state index >= 15 is 0 Å². The number of furan rings is 1. The monoisotopic (exact) mass is 439 g/mol. The minimum absolute atomic E-state index is 0.0792. The molecule has 4 rings (SSSR count). The Labute approximate surface area is 183 Å². The third-order valence-electron chi connectivity index (χ3n) is 4.51. The predicted molar refractivity (Wildman–Crippen MR) is 116 cm³/mol. The first-order valence-electron chi connectivity index (χ1n) is 9.36. The highest BCUT2D eigenvalue weighted by molar-refractivity contribution is 8.04. The molecule has 2 heterocycles. The molecular formula is C23H18ClNO4S. The predicted octanol–water partition coefficient (Wildman–Crippen LogP) is 5.40. The van der Waals surface area contributed by atoms with Crippen LogP contribution in [0.1, 0.15) is 18.2 Å². The Morgan fingerprint density at radius 3 is 2.37 bits per heavy atom. The van der Waals surface area contributed by atoms with Crippen LogP contribution in [0, 0.1) is 0 Å². The van der Waals surface area contributed by atoms with Crippen LogP contribution in [0.2, 0.25) is 5.02 Å². The van der Waals surface area contributed by atoms with Gasteiger partial charge in [0, 0.05) is 9.92 Å². The van der Waals surface area contributed by atoms with Crippen molar-refractivity contribution in [1.29, 1.82) is 0 Å². The molecule has 2 aromatic carbocycles. The Bertz CT molecular complexity index is 1090. The second-order valence-electron chi connectivity index (χ2n) is 6.49. The maximum Gasteiger partial charge on any atom is 0.268 e. The van der Waals surface area contributed by atoms with Gasteiger partial charge in [-0.25, -0.2) is 0 Å². The second-order valence-corrected chi connectivity index (χ2v) is 8.01. The van der Waals surface area contributed by atoms with Gasteiger partial charge in [-0.1, -0.05) is 35.5 Å². The molecule has 0 N–H and O–H groups in total. The molecule has 1 aliphatic heterocycles. The molecule has 0 unspecified atom stereocenters. The van der Waals surface area contributed by atoms with Crippen LogP contribution in [-0.4, -0.2) is 23.3 Å². The average molecular weight is 440 g/mol. The first kappa shape index (κ1) is 20.3. The highest BCUT2D eigenvalue weighted by atomic mass is 35.5. The fourth-order valence-corrected chi connectivity index (χ4v) is 4.25. The zero-order chi connectivity index (χ0) is 21.1. The van der Waals surface area contributed by atoms with Crippen molar-refractivity contribution in [2.24, 2.45) is 0 Å². The fourth-order valence-electron chi connectivity index (χ4n) is 3.11. The van der Waals surface area contributed by atoms with Crippen LogP contribution in [0.25, 0.3) is 5.57 Å². The summed E-state index contributed by atoms with van der Waals surface area (Å²) in [6.07, 6.45) is 1.52. The van der Waals surface area contributed by atoms with Crippen LogP contribution in [-0.2, 0) is 16.1 Å². The number of benzene rings is 2. The lowest BCUT2D eigenvalue weighted by molar-refractivity contribution is -0.137. The number of nitrogens with zero attached hydrogens (tertiary/aromatic N) is 1. The van der Waals surface area contributed by atoms with E-state index in [1.165, 1.54) is 22.9 Å². The molecule has 30 heavy (non-hydrogen) atoms. The molecule has 0 fully saturated rings. The molecule has 0 atom stereocenters. The van der Waals surface area contributed by atoms with Crippen LogP contribution in [0.15, 0.2) is 81.1 Å². The number of hydrogen-bond donors (Lipinski definition) is 0. The summed E-state index contributed by atoms with van der Waals surface area (Å²) >= 11 is 7.23. The first-order valence-corrected chi connectivity index (χ1v) is 10.6. The van der Waals surface area contributed by atoms with Gasteiger partial charge in [-0.2, -0.15) is 0 Å². The summed E-state index contributed by atoms with van der Waals surface area (Å²) in [5.41, 5.74) is 1.03. The summed E-state index contributed by atoms with van der Waals surface area (Å²) in [7, 11) is 0.